The van der Waals surface area contributed by atoms with Crippen molar-refractivity contribution in [2.75, 3.05) is 13.2 Å². The lowest BCUT2D eigenvalue weighted by Crippen LogP contribution is -2.06. The standard InChI is InChI=1S/C21H25ClN2O2/c1-4-14(2)15(3)17-7-5-16(6-8-17)12-26-20-19(11-23-21(22)24-20)18-9-10-25-13-18/h5-8,11,18H,4,9-10,12-13H2,1-3H3. The van der Waals surface area contributed by atoms with Crippen LogP contribution in [-0.2, 0) is 11.3 Å². The van der Waals surface area contributed by atoms with Gasteiger partial charge in [-0.05, 0) is 55.0 Å². The lowest BCUT2D eigenvalue weighted by atomic mass is 10.00. The summed E-state index contributed by atoms with van der Waals surface area (Å²) in [5, 5.41) is 0.203. The van der Waals surface area contributed by atoms with Crippen LogP contribution in [0.25, 0.3) is 5.57 Å². The molecule has 0 amide bonds. The second-order valence-corrected chi connectivity index (χ2v) is 7.04. The zero-order valence-electron chi connectivity index (χ0n) is 15.6. The van der Waals surface area contributed by atoms with E-state index in [1.54, 1.807) is 6.20 Å². The van der Waals surface area contributed by atoms with Crippen molar-refractivity contribution in [3.8, 4) is 5.88 Å². The number of halogens is 1. The molecule has 1 saturated heterocycles. The number of hydrogen-bond acceptors (Lipinski definition) is 4. The SMILES string of the molecule is CCC(C)=C(C)c1ccc(COc2nc(Cl)ncc2C2CCOC2)cc1. The van der Waals surface area contributed by atoms with Crippen LogP contribution in [0.15, 0.2) is 36.0 Å². The van der Waals surface area contributed by atoms with E-state index in [2.05, 4.69) is 55.0 Å². The first-order chi connectivity index (χ1) is 12.6. The Morgan fingerprint density at radius 3 is 2.69 bits per heavy atom. The number of benzene rings is 1. The predicted molar refractivity (Wildman–Crippen MR) is 105 cm³/mol. The van der Waals surface area contributed by atoms with E-state index in [1.807, 2.05) is 0 Å². The maximum Gasteiger partial charge on any atom is 0.225 e. The van der Waals surface area contributed by atoms with Crippen molar-refractivity contribution < 1.29 is 9.47 Å². The number of ether oxygens (including phenoxy) is 2. The molecule has 3 rings (SSSR count). The maximum absolute atomic E-state index is 5.98. The summed E-state index contributed by atoms with van der Waals surface area (Å²) in [5.74, 6) is 0.830. The van der Waals surface area contributed by atoms with Crippen LogP contribution < -0.4 is 4.74 Å². The van der Waals surface area contributed by atoms with E-state index >= 15 is 0 Å². The van der Waals surface area contributed by atoms with Crippen LogP contribution in [0.1, 0.15) is 56.2 Å². The van der Waals surface area contributed by atoms with Gasteiger partial charge in [0.1, 0.15) is 6.61 Å². The Labute approximate surface area is 160 Å². The van der Waals surface area contributed by atoms with Crippen molar-refractivity contribution >= 4 is 17.2 Å². The van der Waals surface area contributed by atoms with Crippen LogP contribution in [0.3, 0.4) is 0 Å². The molecule has 138 valence electrons. The Kier molecular flexibility index (Phi) is 6.28. The minimum Gasteiger partial charge on any atom is -0.472 e. The van der Waals surface area contributed by atoms with Gasteiger partial charge < -0.3 is 9.47 Å². The summed E-state index contributed by atoms with van der Waals surface area (Å²) in [6.07, 6.45) is 3.78. The van der Waals surface area contributed by atoms with E-state index in [0.717, 1.165) is 30.6 Å². The number of aromatic nitrogens is 2. The molecular formula is C21H25ClN2O2. The van der Waals surface area contributed by atoms with Gasteiger partial charge in [0.15, 0.2) is 0 Å². The molecule has 1 unspecified atom stereocenters. The van der Waals surface area contributed by atoms with Gasteiger partial charge >= 0.3 is 0 Å². The monoisotopic (exact) mass is 372 g/mol. The lowest BCUT2D eigenvalue weighted by molar-refractivity contribution is 0.193. The summed E-state index contributed by atoms with van der Waals surface area (Å²) in [4.78, 5) is 8.39. The molecule has 0 saturated carbocycles. The van der Waals surface area contributed by atoms with Crippen LogP contribution in [0.5, 0.6) is 5.88 Å². The van der Waals surface area contributed by atoms with E-state index in [-0.39, 0.29) is 11.2 Å². The number of allylic oxidation sites excluding steroid dienone is 2. The predicted octanol–water partition coefficient (Wildman–Crippen LogP) is 5.42. The summed E-state index contributed by atoms with van der Waals surface area (Å²) >= 11 is 5.97. The number of hydrogen-bond donors (Lipinski definition) is 0. The molecule has 1 aromatic carbocycles. The highest BCUT2D eigenvalue weighted by Crippen LogP contribution is 2.31. The normalized spacial score (nSPS) is 17.9. The zero-order chi connectivity index (χ0) is 18.5. The quantitative estimate of drug-likeness (QED) is 0.635. The Morgan fingerprint density at radius 1 is 1.27 bits per heavy atom. The summed E-state index contributed by atoms with van der Waals surface area (Å²) in [6, 6.07) is 8.49. The topological polar surface area (TPSA) is 44.2 Å². The van der Waals surface area contributed by atoms with Crippen molar-refractivity contribution in [2.45, 2.75) is 46.1 Å². The first kappa shape index (κ1) is 18.9. The molecule has 2 heterocycles. The molecule has 2 aromatic rings. The third-order valence-corrected chi connectivity index (χ3v) is 5.24. The van der Waals surface area contributed by atoms with Crippen LogP contribution >= 0.6 is 11.6 Å². The van der Waals surface area contributed by atoms with Gasteiger partial charge in [-0.3, -0.25) is 0 Å². The fourth-order valence-electron chi connectivity index (χ4n) is 3.04. The van der Waals surface area contributed by atoms with E-state index in [4.69, 9.17) is 21.1 Å². The molecule has 0 N–H and O–H groups in total. The van der Waals surface area contributed by atoms with Gasteiger partial charge in [-0.25, -0.2) is 4.98 Å². The zero-order valence-corrected chi connectivity index (χ0v) is 16.3. The highest BCUT2D eigenvalue weighted by molar-refractivity contribution is 6.28. The highest BCUT2D eigenvalue weighted by atomic mass is 35.5. The minimum atomic E-state index is 0.203. The molecule has 1 fully saturated rings. The van der Waals surface area contributed by atoms with Crippen molar-refractivity contribution in [2.24, 2.45) is 0 Å². The van der Waals surface area contributed by atoms with Gasteiger partial charge in [-0.15, -0.1) is 0 Å². The Bertz CT molecular complexity index is 781. The molecule has 1 aliphatic rings. The van der Waals surface area contributed by atoms with E-state index in [1.165, 1.54) is 16.7 Å². The highest BCUT2D eigenvalue weighted by Gasteiger charge is 2.23. The second-order valence-electron chi connectivity index (χ2n) is 6.70. The van der Waals surface area contributed by atoms with Gasteiger partial charge in [0, 0.05) is 24.3 Å². The molecule has 26 heavy (non-hydrogen) atoms. The van der Waals surface area contributed by atoms with E-state index < -0.39 is 0 Å². The number of nitrogens with zero attached hydrogens (tertiary/aromatic N) is 2. The molecule has 0 spiro atoms. The van der Waals surface area contributed by atoms with Gasteiger partial charge in [-0.2, -0.15) is 4.98 Å². The average molecular weight is 373 g/mol. The smallest absolute Gasteiger partial charge is 0.225 e. The van der Waals surface area contributed by atoms with Crippen LogP contribution in [-0.4, -0.2) is 23.2 Å². The van der Waals surface area contributed by atoms with Gasteiger partial charge in [-0.1, -0.05) is 36.8 Å². The Morgan fingerprint density at radius 2 is 2.04 bits per heavy atom. The van der Waals surface area contributed by atoms with Crippen molar-refractivity contribution in [1.29, 1.82) is 0 Å². The average Bonchev–Trinajstić information content (AvgIpc) is 3.20. The van der Waals surface area contributed by atoms with Crippen LogP contribution in [0.4, 0.5) is 0 Å². The largest absolute Gasteiger partial charge is 0.472 e. The van der Waals surface area contributed by atoms with Crippen LogP contribution in [0, 0.1) is 0 Å². The molecular weight excluding hydrogens is 348 g/mol. The first-order valence-electron chi connectivity index (χ1n) is 9.07. The molecule has 1 aliphatic heterocycles. The summed E-state index contributed by atoms with van der Waals surface area (Å²) in [6.45, 7) is 8.42. The van der Waals surface area contributed by atoms with Crippen molar-refractivity contribution in [3.05, 3.63) is 58.0 Å². The third-order valence-electron chi connectivity index (χ3n) is 5.05. The first-order valence-corrected chi connectivity index (χ1v) is 9.45. The fourth-order valence-corrected chi connectivity index (χ4v) is 3.17. The molecule has 0 aliphatic carbocycles. The Hall–Kier alpha value is -1.91. The van der Waals surface area contributed by atoms with Crippen LogP contribution in [0.2, 0.25) is 5.28 Å². The summed E-state index contributed by atoms with van der Waals surface area (Å²) in [7, 11) is 0. The lowest BCUT2D eigenvalue weighted by Gasteiger charge is -2.14. The molecule has 0 radical (unpaired) electrons. The van der Waals surface area contributed by atoms with Gasteiger partial charge in [0.25, 0.3) is 0 Å². The third kappa shape index (κ3) is 4.43. The molecule has 4 nitrogen and oxygen atoms in total. The maximum atomic E-state index is 5.98. The van der Waals surface area contributed by atoms with Gasteiger partial charge in [0.05, 0.1) is 6.61 Å². The van der Waals surface area contributed by atoms with E-state index in [0.29, 0.717) is 19.1 Å². The summed E-state index contributed by atoms with van der Waals surface area (Å²) < 4.78 is 11.5. The van der Waals surface area contributed by atoms with Crippen molar-refractivity contribution in [3.63, 3.8) is 0 Å². The molecule has 1 atom stereocenters. The number of rotatable bonds is 6. The fraction of sp³-hybridized carbons (Fsp3) is 0.429. The molecule has 1 aromatic heterocycles. The van der Waals surface area contributed by atoms with Gasteiger partial charge in [0.2, 0.25) is 11.2 Å². The van der Waals surface area contributed by atoms with Crippen molar-refractivity contribution in [1.82, 2.24) is 9.97 Å². The minimum absolute atomic E-state index is 0.203. The summed E-state index contributed by atoms with van der Waals surface area (Å²) in [5.41, 5.74) is 6.07. The Balaban J connectivity index is 1.72. The molecule has 0 bridgehead atoms. The molecule has 5 heteroatoms. The second kappa shape index (κ2) is 8.65. The van der Waals surface area contributed by atoms with E-state index in [9.17, 15) is 0 Å².